The van der Waals surface area contributed by atoms with Gasteiger partial charge in [-0.15, -0.1) is 0 Å². The van der Waals surface area contributed by atoms with Gasteiger partial charge in [-0.2, -0.15) is 4.31 Å². The number of rotatable bonds is 6. The Morgan fingerprint density at radius 2 is 2.00 bits per heavy atom. The van der Waals surface area contributed by atoms with Gasteiger partial charge in [0.05, 0.1) is 7.11 Å². The second kappa shape index (κ2) is 8.15. The van der Waals surface area contributed by atoms with Gasteiger partial charge in [0.25, 0.3) is 0 Å². The third kappa shape index (κ3) is 4.10. The first-order valence-electron chi connectivity index (χ1n) is 8.93. The summed E-state index contributed by atoms with van der Waals surface area (Å²) in [7, 11) is -2.18. The molecule has 28 heavy (non-hydrogen) atoms. The molecule has 9 heteroatoms. The summed E-state index contributed by atoms with van der Waals surface area (Å²) in [6, 6.07) is 4.95. The first kappa shape index (κ1) is 20.1. The Morgan fingerprint density at radius 1 is 1.29 bits per heavy atom. The maximum atomic E-state index is 13.0. The topological polar surface area (TPSA) is 102 Å². The third-order valence-corrected chi connectivity index (χ3v) is 6.41. The lowest BCUT2D eigenvalue weighted by atomic mass is 10.2. The number of hydrogen-bond acceptors (Lipinski definition) is 6. The first-order chi connectivity index (χ1) is 13.3. The quantitative estimate of drug-likeness (QED) is 0.793. The van der Waals surface area contributed by atoms with Crippen molar-refractivity contribution in [1.82, 2.24) is 9.46 Å². The number of carbonyl (C=O) groups excluding carboxylic acids is 1. The van der Waals surface area contributed by atoms with Gasteiger partial charge in [-0.1, -0.05) is 17.3 Å². The Labute approximate surface area is 164 Å². The van der Waals surface area contributed by atoms with E-state index < -0.39 is 10.0 Å². The molecule has 3 rings (SSSR count). The van der Waals surface area contributed by atoms with Crippen molar-refractivity contribution in [1.29, 1.82) is 0 Å². The number of nitrogens with one attached hydrogen (secondary N) is 1. The maximum absolute atomic E-state index is 13.0. The van der Waals surface area contributed by atoms with Crippen LogP contribution in [0.5, 0.6) is 5.75 Å². The van der Waals surface area contributed by atoms with E-state index in [2.05, 4.69) is 10.5 Å². The zero-order valence-corrected chi connectivity index (χ0v) is 16.9. The molecule has 1 aliphatic rings. The van der Waals surface area contributed by atoms with Gasteiger partial charge < -0.3 is 14.6 Å². The van der Waals surface area contributed by atoms with Crippen LogP contribution in [0.4, 0.5) is 5.69 Å². The van der Waals surface area contributed by atoms with Crippen molar-refractivity contribution in [2.75, 3.05) is 25.5 Å². The molecule has 0 aliphatic carbocycles. The van der Waals surface area contributed by atoms with E-state index in [0.717, 1.165) is 12.8 Å². The van der Waals surface area contributed by atoms with Gasteiger partial charge in [0.15, 0.2) is 5.76 Å². The van der Waals surface area contributed by atoms with Crippen molar-refractivity contribution in [3.63, 3.8) is 0 Å². The van der Waals surface area contributed by atoms with Crippen LogP contribution in [-0.4, -0.2) is 44.0 Å². The minimum Gasteiger partial charge on any atom is -0.495 e. The predicted molar refractivity (Wildman–Crippen MR) is 105 cm³/mol. The lowest BCUT2D eigenvalue weighted by molar-refractivity contribution is -0.114. The van der Waals surface area contributed by atoms with Gasteiger partial charge in [-0.25, -0.2) is 8.42 Å². The Hall–Kier alpha value is -2.65. The van der Waals surface area contributed by atoms with Gasteiger partial charge in [0.2, 0.25) is 15.9 Å². The molecule has 1 amide bonds. The summed E-state index contributed by atoms with van der Waals surface area (Å²) in [4.78, 5) is 11.5. The summed E-state index contributed by atoms with van der Waals surface area (Å²) in [6.45, 7) is 4.16. The molecule has 2 heterocycles. The van der Waals surface area contributed by atoms with E-state index in [-0.39, 0.29) is 10.8 Å². The Balaban J connectivity index is 1.94. The van der Waals surface area contributed by atoms with E-state index in [1.54, 1.807) is 37.3 Å². The SMILES string of the molecule is COc1ccc(C=Cc2onc(C)c2NC(C)=O)cc1S(=O)(=O)N1CCCC1. The second-order valence-electron chi connectivity index (χ2n) is 6.54. The molecule has 1 saturated heterocycles. The highest BCUT2D eigenvalue weighted by molar-refractivity contribution is 7.89. The fourth-order valence-corrected chi connectivity index (χ4v) is 4.77. The standard InChI is InChI=1S/C19H23N3O5S/c1-13-19(20-14(2)23)17(27-21-13)9-7-15-6-8-16(26-3)18(12-15)28(24,25)22-10-4-5-11-22/h6-9,12H,4-5,10-11H2,1-3H3,(H,20,23). The van der Waals surface area contributed by atoms with Crippen LogP contribution in [0.15, 0.2) is 27.6 Å². The molecule has 1 aromatic heterocycles. The normalized spacial score (nSPS) is 15.2. The molecule has 0 bridgehead atoms. The molecule has 1 fully saturated rings. The van der Waals surface area contributed by atoms with Crippen molar-refractivity contribution in [2.24, 2.45) is 0 Å². The number of hydrogen-bond donors (Lipinski definition) is 1. The average molecular weight is 405 g/mol. The van der Waals surface area contributed by atoms with Gasteiger partial charge in [0, 0.05) is 20.0 Å². The molecule has 0 unspecified atom stereocenters. The summed E-state index contributed by atoms with van der Waals surface area (Å²) in [6.07, 6.45) is 5.06. The second-order valence-corrected chi connectivity index (χ2v) is 8.45. The summed E-state index contributed by atoms with van der Waals surface area (Å²) in [5, 5.41) is 6.53. The Morgan fingerprint density at radius 3 is 2.64 bits per heavy atom. The zero-order valence-electron chi connectivity index (χ0n) is 16.1. The number of carbonyl (C=O) groups is 1. The van der Waals surface area contributed by atoms with Gasteiger partial charge >= 0.3 is 0 Å². The summed E-state index contributed by atoms with van der Waals surface area (Å²) in [5.74, 6) is 0.454. The maximum Gasteiger partial charge on any atom is 0.246 e. The van der Waals surface area contributed by atoms with Gasteiger partial charge in [0.1, 0.15) is 22.0 Å². The largest absolute Gasteiger partial charge is 0.495 e. The molecule has 1 aliphatic heterocycles. The van der Waals surface area contributed by atoms with E-state index in [0.29, 0.717) is 41.5 Å². The molecule has 0 atom stereocenters. The van der Waals surface area contributed by atoms with E-state index in [9.17, 15) is 13.2 Å². The number of benzene rings is 1. The number of nitrogens with zero attached hydrogens (tertiary/aromatic N) is 2. The van der Waals surface area contributed by atoms with Crippen molar-refractivity contribution < 1.29 is 22.5 Å². The minimum atomic E-state index is -3.63. The number of methoxy groups -OCH3 is 1. The first-order valence-corrected chi connectivity index (χ1v) is 10.4. The van der Waals surface area contributed by atoms with Crippen LogP contribution in [0.25, 0.3) is 12.2 Å². The molecular formula is C19H23N3O5S. The smallest absolute Gasteiger partial charge is 0.246 e. The zero-order chi connectivity index (χ0) is 20.3. The van der Waals surface area contributed by atoms with Gasteiger partial charge in [-0.05, 0) is 43.5 Å². The van der Waals surface area contributed by atoms with Crippen LogP contribution in [0, 0.1) is 6.92 Å². The molecule has 150 valence electrons. The highest BCUT2D eigenvalue weighted by atomic mass is 32.2. The van der Waals surface area contributed by atoms with Crippen molar-refractivity contribution >= 4 is 33.8 Å². The molecule has 2 aromatic rings. The van der Waals surface area contributed by atoms with Crippen molar-refractivity contribution in [3.8, 4) is 5.75 Å². The predicted octanol–water partition coefficient (Wildman–Crippen LogP) is 2.90. The number of ether oxygens (including phenoxy) is 1. The fourth-order valence-electron chi connectivity index (χ4n) is 3.07. The molecule has 0 spiro atoms. The van der Waals surface area contributed by atoms with Gasteiger partial charge in [-0.3, -0.25) is 4.79 Å². The monoisotopic (exact) mass is 405 g/mol. The molecule has 0 saturated carbocycles. The highest BCUT2D eigenvalue weighted by Gasteiger charge is 2.30. The summed E-state index contributed by atoms with van der Waals surface area (Å²) < 4.78 is 37.9. The van der Waals surface area contributed by atoms with E-state index in [4.69, 9.17) is 9.26 Å². The molecule has 0 radical (unpaired) electrons. The number of aromatic nitrogens is 1. The molecule has 1 N–H and O–H groups in total. The van der Waals surface area contributed by atoms with Crippen LogP contribution in [0.2, 0.25) is 0 Å². The lowest BCUT2D eigenvalue weighted by Gasteiger charge is -2.18. The summed E-state index contributed by atoms with van der Waals surface area (Å²) in [5.41, 5.74) is 1.70. The minimum absolute atomic E-state index is 0.134. The van der Waals surface area contributed by atoms with Crippen LogP contribution < -0.4 is 10.1 Å². The molecule has 1 aromatic carbocycles. The fraction of sp³-hybridized carbons (Fsp3) is 0.368. The highest BCUT2D eigenvalue weighted by Crippen LogP contribution is 2.31. The Bertz CT molecular complexity index is 1000. The average Bonchev–Trinajstić information content (AvgIpc) is 3.31. The van der Waals surface area contributed by atoms with Crippen LogP contribution >= 0.6 is 0 Å². The van der Waals surface area contributed by atoms with Crippen molar-refractivity contribution in [2.45, 2.75) is 31.6 Å². The number of amides is 1. The van der Waals surface area contributed by atoms with E-state index in [1.165, 1.54) is 18.3 Å². The molecule has 8 nitrogen and oxygen atoms in total. The number of aryl methyl sites for hydroxylation is 1. The summed E-state index contributed by atoms with van der Waals surface area (Å²) >= 11 is 0. The van der Waals surface area contributed by atoms with Crippen LogP contribution in [-0.2, 0) is 14.8 Å². The van der Waals surface area contributed by atoms with Crippen molar-refractivity contribution in [3.05, 3.63) is 35.2 Å². The van der Waals surface area contributed by atoms with E-state index in [1.807, 2.05) is 0 Å². The number of anilines is 1. The molecular weight excluding hydrogens is 382 g/mol. The third-order valence-electron chi connectivity index (χ3n) is 4.49. The van der Waals surface area contributed by atoms with E-state index >= 15 is 0 Å². The Kier molecular flexibility index (Phi) is 5.85. The van der Waals surface area contributed by atoms with Crippen LogP contribution in [0.3, 0.4) is 0 Å². The van der Waals surface area contributed by atoms with Crippen LogP contribution in [0.1, 0.15) is 36.8 Å². The number of sulfonamides is 1. The lowest BCUT2D eigenvalue weighted by Crippen LogP contribution is -2.28.